The van der Waals surface area contributed by atoms with E-state index in [2.05, 4.69) is 16.0 Å². The molecule has 3 N–H and O–H groups in total. The molecule has 138 valence electrons. The van der Waals surface area contributed by atoms with Crippen molar-refractivity contribution in [2.24, 2.45) is 0 Å². The number of nitrogens with one attached hydrogen (secondary N) is 1. The molecule has 2 heterocycles. The van der Waals surface area contributed by atoms with E-state index in [1.54, 1.807) is 48.2 Å². The second-order valence-corrected chi connectivity index (χ2v) is 7.62. The van der Waals surface area contributed by atoms with Gasteiger partial charge in [-0.05, 0) is 40.9 Å². The van der Waals surface area contributed by atoms with E-state index in [0.29, 0.717) is 28.2 Å². The Kier molecular flexibility index (Phi) is 5.05. The van der Waals surface area contributed by atoms with Crippen molar-refractivity contribution in [1.29, 1.82) is 5.26 Å². The van der Waals surface area contributed by atoms with Crippen molar-refractivity contribution >= 4 is 24.3 Å². The van der Waals surface area contributed by atoms with Crippen molar-refractivity contribution in [1.82, 2.24) is 9.97 Å². The highest BCUT2D eigenvalue weighted by Crippen LogP contribution is 2.28. The maximum atomic E-state index is 12.4. The average molecular weight is 389 g/mol. The van der Waals surface area contributed by atoms with Crippen molar-refractivity contribution in [3.05, 3.63) is 69.6 Å². The highest BCUT2D eigenvalue weighted by Gasteiger charge is 2.18. The van der Waals surface area contributed by atoms with Crippen LogP contribution in [-0.4, -0.2) is 32.9 Å². The summed E-state index contributed by atoms with van der Waals surface area (Å²) in [6.45, 7) is 0. The van der Waals surface area contributed by atoms with Crippen molar-refractivity contribution in [3.63, 3.8) is 0 Å². The molecule has 0 spiro atoms. The van der Waals surface area contributed by atoms with Crippen LogP contribution in [-0.2, 0) is 12.2 Å². The number of benzene rings is 2. The molecule has 2 aromatic carbocycles. The Balaban J connectivity index is 1.75. The SMILES string of the molecule is N#Cc1cc(-c2ccc(B(O)O)cc2)ccc1-c1nc2c(c(=O)[nH]1)CSCC2. The number of aromatic amines is 1. The first-order valence-corrected chi connectivity index (χ1v) is 9.93. The van der Waals surface area contributed by atoms with Gasteiger partial charge in [0.15, 0.2) is 0 Å². The van der Waals surface area contributed by atoms with Gasteiger partial charge in [-0.2, -0.15) is 17.0 Å². The minimum atomic E-state index is -1.52. The largest absolute Gasteiger partial charge is 0.488 e. The van der Waals surface area contributed by atoms with Crippen molar-refractivity contribution in [3.8, 4) is 28.6 Å². The van der Waals surface area contributed by atoms with Gasteiger partial charge in [0.1, 0.15) is 5.82 Å². The predicted octanol–water partition coefficient (Wildman–Crippen LogP) is 1.44. The normalized spacial score (nSPS) is 12.9. The third-order valence-corrected chi connectivity index (χ3v) is 5.75. The molecular formula is C20H16BN3O3S. The number of nitrogens with zero attached hydrogens (tertiary/aromatic N) is 2. The number of nitriles is 1. The van der Waals surface area contributed by atoms with E-state index in [1.807, 2.05) is 6.07 Å². The molecule has 0 fully saturated rings. The summed E-state index contributed by atoms with van der Waals surface area (Å²) in [7, 11) is -1.52. The molecule has 28 heavy (non-hydrogen) atoms. The van der Waals surface area contributed by atoms with Gasteiger partial charge in [0.05, 0.1) is 17.3 Å². The monoisotopic (exact) mass is 389 g/mol. The minimum Gasteiger partial charge on any atom is -0.423 e. The number of aryl methyl sites for hydroxylation is 1. The first-order valence-electron chi connectivity index (χ1n) is 8.77. The third-order valence-electron chi connectivity index (χ3n) is 4.77. The number of hydrogen-bond acceptors (Lipinski definition) is 6. The van der Waals surface area contributed by atoms with E-state index in [4.69, 9.17) is 0 Å². The minimum absolute atomic E-state index is 0.140. The van der Waals surface area contributed by atoms with E-state index in [1.165, 1.54) is 0 Å². The fraction of sp³-hybridized carbons (Fsp3) is 0.150. The molecule has 0 radical (unpaired) electrons. The first-order chi connectivity index (χ1) is 13.6. The summed E-state index contributed by atoms with van der Waals surface area (Å²) in [6.07, 6.45) is 0.750. The van der Waals surface area contributed by atoms with Crippen LogP contribution in [0.1, 0.15) is 16.8 Å². The molecule has 0 atom stereocenters. The number of thioether (sulfide) groups is 1. The smallest absolute Gasteiger partial charge is 0.423 e. The van der Waals surface area contributed by atoms with Gasteiger partial charge >= 0.3 is 7.12 Å². The zero-order valence-electron chi connectivity index (χ0n) is 14.8. The molecule has 0 bridgehead atoms. The van der Waals surface area contributed by atoms with Gasteiger partial charge in [-0.25, -0.2) is 4.98 Å². The summed E-state index contributed by atoms with van der Waals surface area (Å²) in [5.74, 6) is 2.02. The maximum absolute atomic E-state index is 12.4. The van der Waals surface area contributed by atoms with Crippen LogP contribution in [0, 0.1) is 11.3 Å². The Bertz CT molecular complexity index is 1140. The van der Waals surface area contributed by atoms with Gasteiger partial charge in [0.25, 0.3) is 5.56 Å². The summed E-state index contributed by atoms with van der Waals surface area (Å²) in [6, 6.07) is 14.4. The molecule has 1 aliphatic heterocycles. The second-order valence-electron chi connectivity index (χ2n) is 6.51. The molecule has 1 aromatic heterocycles. The fourth-order valence-electron chi connectivity index (χ4n) is 3.24. The average Bonchev–Trinajstić information content (AvgIpc) is 2.73. The lowest BCUT2D eigenvalue weighted by molar-refractivity contribution is 0.426. The predicted molar refractivity (Wildman–Crippen MR) is 110 cm³/mol. The summed E-state index contributed by atoms with van der Waals surface area (Å²) >= 11 is 1.72. The van der Waals surface area contributed by atoms with E-state index in [-0.39, 0.29) is 5.56 Å². The molecule has 0 saturated carbocycles. The lowest BCUT2D eigenvalue weighted by atomic mass is 9.80. The molecule has 4 rings (SSSR count). The summed E-state index contributed by atoms with van der Waals surface area (Å²) in [5, 5.41) is 28.1. The second kappa shape index (κ2) is 7.64. The molecule has 0 unspecified atom stereocenters. The van der Waals surface area contributed by atoms with Crippen LogP contribution in [0.15, 0.2) is 47.3 Å². The van der Waals surface area contributed by atoms with Gasteiger partial charge < -0.3 is 15.0 Å². The number of fused-ring (bicyclic) bond motifs is 1. The Morgan fingerprint density at radius 1 is 1.14 bits per heavy atom. The van der Waals surface area contributed by atoms with Crippen LogP contribution >= 0.6 is 11.8 Å². The van der Waals surface area contributed by atoms with Crippen LogP contribution < -0.4 is 11.0 Å². The third kappa shape index (κ3) is 3.48. The number of H-pyrrole nitrogens is 1. The van der Waals surface area contributed by atoms with E-state index in [0.717, 1.165) is 34.6 Å². The topological polar surface area (TPSA) is 110 Å². The van der Waals surface area contributed by atoms with Gasteiger partial charge in [-0.1, -0.05) is 30.3 Å². The quantitative estimate of drug-likeness (QED) is 0.585. The standard InChI is InChI=1S/C20H16BN3O3S/c22-10-14-9-13(12-1-4-15(5-2-12)21(26)27)3-6-16(14)19-23-18-7-8-28-11-17(18)20(25)24-19/h1-6,9,26-27H,7-8,11H2,(H,23,24,25). The molecule has 0 aliphatic carbocycles. The van der Waals surface area contributed by atoms with Crippen LogP contribution in [0.4, 0.5) is 0 Å². The fourth-order valence-corrected chi connectivity index (χ4v) is 4.23. The molecule has 0 amide bonds. The van der Waals surface area contributed by atoms with Gasteiger partial charge in [0, 0.05) is 16.9 Å². The first kappa shape index (κ1) is 18.5. The maximum Gasteiger partial charge on any atom is 0.488 e. The van der Waals surface area contributed by atoms with Crippen molar-refractivity contribution < 1.29 is 10.0 Å². The highest BCUT2D eigenvalue weighted by molar-refractivity contribution is 7.98. The Morgan fingerprint density at radius 3 is 2.61 bits per heavy atom. The molecule has 6 nitrogen and oxygen atoms in total. The van der Waals surface area contributed by atoms with Gasteiger partial charge in [0.2, 0.25) is 0 Å². The molecule has 1 aliphatic rings. The van der Waals surface area contributed by atoms with Crippen molar-refractivity contribution in [2.45, 2.75) is 12.2 Å². The van der Waals surface area contributed by atoms with Crippen LogP contribution in [0.2, 0.25) is 0 Å². The van der Waals surface area contributed by atoms with Crippen molar-refractivity contribution in [2.75, 3.05) is 5.75 Å². The molecular weight excluding hydrogens is 373 g/mol. The van der Waals surface area contributed by atoms with E-state index in [9.17, 15) is 20.1 Å². The Hall–Kier alpha value is -2.86. The summed E-state index contributed by atoms with van der Waals surface area (Å²) in [4.78, 5) is 19.8. The Morgan fingerprint density at radius 2 is 1.89 bits per heavy atom. The Labute approximate surface area is 166 Å². The van der Waals surface area contributed by atoms with Gasteiger partial charge in [-0.15, -0.1) is 0 Å². The zero-order chi connectivity index (χ0) is 19.7. The lowest BCUT2D eigenvalue weighted by Gasteiger charge is -2.15. The molecule has 3 aromatic rings. The number of rotatable bonds is 3. The molecule has 0 saturated heterocycles. The number of aromatic nitrogens is 2. The lowest BCUT2D eigenvalue weighted by Crippen LogP contribution is -2.29. The van der Waals surface area contributed by atoms with Crippen LogP contribution in [0.5, 0.6) is 0 Å². The summed E-state index contributed by atoms with van der Waals surface area (Å²) < 4.78 is 0. The van der Waals surface area contributed by atoms with E-state index < -0.39 is 7.12 Å². The van der Waals surface area contributed by atoms with E-state index >= 15 is 0 Å². The highest BCUT2D eigenvalue weighted by atomic mass is 32.2. The molecule has 8 heteroatoms. The van der Waals surface area contributed by atoms with Crippen LogP contribution in [0.3, 0.4) is 0 Å². The van der Waals surface area contributed by atoms with Gasteiger partial charge in [-0.3, -0.25) is 4.79 Å². The number of hydrogen-bond donors (Lipinski definition) is 3. The summed E-state index contributed by atoms with van der Waals surface area (Å²) in [5.41, 5.74) is 4.45. The van der Waals surface area contributed by atoms with Crippen LogP contribution in [0.25, 0.3) is 22.5 Å². The zero-order valence-corrected chi connectivity index (χ0v) is 15.7.